The second kappa shape index (κ2) is 9.13. The Bertz CT molecular complexity index is 1410. The Morgan fingerprint density at radius 3 is 2.56 bits per heavy atom. The molecule has 0 spiro atoms. The Kier molecular flexibility index (Phi) is 6.03. The predicted molar refractivity (Wildman–Crippen MR) is 135 cm³/mol. The topological polar surface area (TPSA) is 72.1 Å². The van der Waals surface area contributed by atoms with Gasteiger partial charge in [-0.3, -0.25) is 14.0 Å². The van der Waals surface area contributed by atoms with Gasteiger partial charge in [0.25, 0.3) is 5.56 Å². The fraction of sp³-hybridized carbons (Fsp3) is 0.400. The summed E-state index contributed by atoms with van der Waals surface area (Å²) in [6.45, 7) is 6.79. The number of carbonyl (C=O) groups excluding carboxylic acids is 1. The SMILES string of the molecule is CCc1cc2c(cc3c(=O)n(CC(=O)N4CCN(c5cccc(OC)c5)CC4)nc(CC)n32)s1. The number of fused-ring (bicyclic) bond motifs is 3. The van der Waals surface area contributed by atoms with Gasteiger partial charge in [-0.1, -0.05) is 19.9 Å². The molecular formula is C25H29N5O3S. The van der Waals surface area contributed by atoms with Crippen LogP contribution in [0.15, 0.2) is 41.2 Å². The molecular weight excluding hydrogens is 450 g/mol. The van der Waals surface area contributed by atoms with Crippen molar-refractivity contribution in [3.05, 3.63) is 57.5 Å². The number of amides is 1. The molecule has 4 aromatic rings. The third kappa shape index (κ3) is 3.94. The highest BCUT2D eigenvalue weighted by Crippen LogP contribution is 2.29. The minimum Gasteiger partial charge on any atom is -0.497 e. The van der Waals surface area contributed by atoms with Gasteiger partial charge < -0.3 is 14.5 Å². The van der Waals surface area contributed by atoms with E-state index in [2.05, 4.69) is 29.1 Å². The van der Waals surface area contributed by atoms with E-state index in [9.17, 15) is 9.59 Å². The van der Waals surface area contributed by atoms with Gasteiger partial charge in [0.15, 0.2) is 0 Å². The maximum absolute atomic E-state index is 13.2. The number of hydrogen-bond acceptors (Lipinski definition) is 6. The van der Waals surface area contributed by atoms with Crippen LogP contribution in [-0.4, -0.2) is 58.3 Å². The lowest BCUT2D eigenvalue weighted by atomic mass is 10.2. The molecule has 1 aromatic carbocycles. The van der Waals surface area contributed by atoms with Crippen molar-refractivity contribution in [1.82, 2.24) is 19.1 Å². The first-order chi connectivity index (χ1) is 16.5. The average molecular weight is 480 g/mol. The lowest BCUT2D eigenvalue weighted by molar-refractivity contribution is -0.132. The molecule has 9 heteroatoms. The Morgan fingerprint density at radius 1 is 1.06 bits per heavy atom. The normalized spacial score (nSPS) is 14.3. The van der Waals surface area contributed by atoms with Crippen molar-refractivity contribution in [1.29, 1.82) is 0 Å². The summed E-state index contributed by atoms with van der Waals surface area (Å²) in [5.41, 5.74) is 2.49. The van der Waals surface area contributed by atoms with Crippen LogP contribution in [0, 0.1) is 0 Å². The van der Waals surface area contributed by atoms with Crippen LogP contribution in [0.25, 0.3) is 15.7 Å². The van der Waals surface area contributed by atoms with Gasteiger partial charge in [-0.05, 0) is 30.7 Å². The number of methoxy groups -OCH3 is 1. The molecule has 0 atom stereocenters. The number of aromatic nitrogens is 3. The third-order valence-electron chi connectivity index (χ3n) is 6.49. The Balaban J connectivity index is 1.34. The van der Waals surface area contributed by atoms with Gasteiger partial charge in [-0.15, -0.1) is 11.3 Å². The molecule has 3 aromatic heterocycles. The second-order valence-corrected chi connectivity index (χ2v) is 9.65. The van der Waals surface area contributed by atoms with Crippen LogP contribution in [0.1, 0.15) is 24.5 Å². The molecule has 0 aliphatic carbocycles. The molecule has 1 fully saturated rings. The van der Waals surface area contributed by atoms with Crippen LogP contribution in [0.5, 0.6) is 5.75 Å². The molecule has 0 unspecified atom stereocenters. The lowest BCUT2D eigenvalue weighted by Crippen LogP contribution is -2.50. The summed E-state index contributed by atoms with van der Waals surface area (Å²) in [5.74, 6) is 1.54. The monoisotopic (exact) mass is 479 g/mol. The molecule has 8 nitrogen and oxygen atoms in total. The predicted octanol–water partition coefficient (Wildman–Crippen LogP) is 3.19. The molecule has 0 saturated carbocycles. The summed E-state index contributed by atoms with van der Waals surface area (Å²) in [6.07, 6.45) is 1.64. The lowest BCUT2D eigenvalue weighted by Gasteiger charge is -2.36. The standard InChI is InChI=1S/C25H29N5O3S/c1-4-19-14-20-22(34-19)15-21-25(32)29(26-23(5-2)30(20)21)16-24(31)28-11-9-27(10-12-28)17-7-6-8-18(13-17)33-3/h6-8,13-15H,4-5,9-12,16H2,1-3H3. The fourth-order valence-electron chi connectivity index (χ4n) is 4.60. The number of nitrogens with zero attached hydrogens (tertiary/aromatic N) is 5. The highest BCUT2D eigenvalue weighted by molar-refractivity contribution is 7.19. The highest BCUT2D eigenvalue weighted by atomic mass is 32.1. The molecule has 1 amide bonds. The van der Waals surface area contributed by atoms with Gasteiger partial charge in [-0.2, -0.15) is 5.10 Å². The number of benzene rings is 1. The quantitative estimate of drug-likeness (QED) is 0.425. The number of carbonyl (C=O) groups is 1. The van der Waals surface area contributed by atoms with Crippen LogP contribution >= 0.6 is 11.3 Å². The molecule has 0 radical (unpaired) electrons. The van der Waals surface area contributed by atoms with Crippen molar-refractivity contribution >= 4 is 38.7 Å². The molecule has 0 bridgehead atoms. The van der Waals surface area contributed by atoms with E-state index in [-0.39, 0.29) is 18.0 Å². The first-order valence-electron chi connectivity index (χ1n) is 11.7. The second-order valence-electron chi connectivity index (χ2n) is 8.48. The number of anilines is 1. The van der Waals surface area contributed by atoms with E-state index >= 15 is 0 Å². The fourth-order valence-corrected chi connectivity index (χ4v) is 5.62. The average Bonchev–Trinajstić information content (AvgIpc) is 3.44. The molecule has 178 valence electrons. The van der Waals surface area contributed by atoms with E-state index in [4.69, 9.17) is 4.74 Å². The molecule has 0 N–H and O–H groups in total. The number of piperazine rings is 1. The van der Waals surface area contributed by atoms with Gasteiger partial charge in [-0.25, -0.2) is 4.68 Å². The summed E-state index contributed by atoms with van der Waals surface area (Å²) in [4.78, 5) is 31.7. The van der Waals surface area contributed by atoms with Crippen LogP contribution in [0.2, 0.25) is 0 Å². The first-order valence-corrected chi connectivity index (χ1v) is 12.5. The van der Waals surface area contributed by atoms with Gasteiger partial charge >= 0.3 is 0 Å². The molecule has 34 heavy (non-hydrogen) atoms. The van der Waals surface area contributed by atoms with Gasteiger partial charge in [0, 0.05) is 49.2 Å². The molecule has 4 heterocycles. The molecule has 1 saturated heterocycles. The number of aryl methyl sites for hydroxylation is 2. The van der Waals surface area contributed by atoms with E-state index in [1.54, 1.807) is 18.4 Å². The van der Waals surface area contributed by atoms with Gasteiger partial charge in [0.2, 0.25) is 5.91 Å². The maximum Gasteiger partial charge on any atom is 0.291 e. The van der Waals surface area contributed by atoms with Crippen molar-refractivity contribution in [2.45, 2.75) is 33.2 Å². The summed E-state index contributed by atoms with van der Waals surface area (Å²) in [6, 6.07) is 12.0. The highest BCUT2D eigenvalue weighted by Gasteiger charge is 2.23. The summed E-state index contributed by atoms with van der Waals surface area (Å²) < 4.78 is 9.71. The van der Waals surface area contributed by atoms with Crippen molar-refractivity contribution in [3.8, 4) is 5.75 Å². The van der Waals surface area contributed by atoms with E-state index < -0.39 is 0 Å². The van der Waals surface area contributed by atoms with Crippen molar-refractivity contribution in [2.24, 2.45) is 0 Å². The van der Waals surface area contributed by atoms with E-state index in [1.807, 2.05) is 40.5 Å². The van der Waals surface area contributed by atoms with Crippen LogP contribution in [0.3, 0.4) is 0 Å². The zero-order valence-corrected chi connectivity index (χ0v) is 20.6. The van der Waals surface area contributed by atoms with Crippen LogP contribution in [0.4, 0.5) is 5.69 Å². The van der Waals surface area contributed by atoms with Crippen molar-refractivity contribution < 1.29 is 9.53 Å². The first kappa shape index (κ1) is 22.5. The minimum absolute atomic E-state index is 0.0411. The summed E-state index contributed by atoms with van der Waals surface area (Å²) in [7, 11) is 1.66. The number of ether oxygens (including phenoxy) is 1. The van der Waals surface area contributed by atoms with Crippen LogP contribution < -0.4 is 15.2 Å². The van der Waals surface area contributed by atoms with Crippen LogP contribution in [-0.2, 0) is 24.2 Å². The van der Waals surface area contributed by atoms with E-state index in [1.165, 1.54) is 9.56 Å². The Hall–Kier alpha value is -3.33. The molecule has 1 aliphatic heterocycles. The molecule has 5 rings (SSSR count). The van der Waals surface area contributed by atoms with Gasteiger partial charge in [0.05, 0.1) is 17.3 Å². The summed E-state index contributed by atoms with van der Waals surface area (Å²) in [5, 5.41) is 4.59. The number of rotatable bonds is 6. The zero-order valence-electron chi connectivity index (χ0n) is 19.8. The largest absolute Gasteiger partial charge is 0.497 e. The minimum atomic E-state index is -0.220. The third-order valence-corrected chi connectivity index (χ3v) is 7.70. The van der Waals surface area contributed by atoms with E-state index in [0.29, 0.717) is 25.0 Å². The van der Waals surface area contributed by atoms with Crippen molar-refractivity contribution in [3.63, 3.8) is 0 Å². The molecule has 1 aliphatic rings. The zero-order chi connectivity index (χ0) is 23.8. The Morgan fingerprint density at radius 2 is 1.85 bits per heavy atom. The number of hydrogen-bond donors (Lipinski definition) is 0. The van der Waals surface area contributed by atoms with Crippen molar-refractivity contribution in [2.75, 3.05) is 38.2 Å². The maximum atomic E-state index is 13.2. The van der Waals surface area contributed by atoms with Gasteiger partial charge in [0.1, 0.15) is 23.6 Å². The summed E-state index contributed by atoms with van der Waals surface area (Å²) >= 11 is 1.71. The number of thiophene rings is 1. The smallest absolute Gasteiger partial charge is 0.291 e. The van der Waals surface area contributed by atoms with E-state index in [0.717, 1.165) is 47.0 Å². The Labute approximate surface area is 202 Å².